The maximum absolute atomic E-state index is 13.4. The Labute approximate surface area is 119 Å². The highest BCUT2D eigenvalue weighted by atomic mass is 19.1. The zero-order chi connectivity index (χ0) is 14.7. The summed E-state index contributed by atoms with van der Waals surface area (Å²) in [5, 5.41) is 0. The minimum Gasteiger partial charge on any atom is -0.271 e. The summed E-state index contributed by atoms with van der Waals surface area (Å²) in [6.07, 6.45) is 0.792. The van der Waals surface area contributed by atoms with Crippen LogP contribution in [0, 0.1) is 26.6 Å². The van der Waals surface area contributed by atoms with Crippen molar-refractivity contribution in [1.29, 1.82) is 0 Å². The van der Waals surface area contributed by atoms with E-state index < -0.39 is 0 Å². The van der Waals surface area contributed by atoms with E-state index >= 15 is 0 Å². The standard InChI is InChI=1S/C17H21FN2/c1-11-5-4-6-12(2)15(11)10-17(20-19)14-7-8-16(18)13(3)9-14/h4-9,17,20H,10,19H2,1-3H3. The van der Waals surface area contributed by atoms with Crippen LogP contribution in [0.25, 0.3) is 0 Å². The molecule has 0 aliphatic carbocycles. The van der Waals surface area contributed by atoms with Crippen LogP contribution in [-0.4, -0.2) is 0 Å². The van der Waals surface area contributed by atoms with Crippen molar-refractivity contribution in [2.75, 3.05) is 0 Å². The van der Waals surface area contributed by atoms with E-state index in [9.17, 15) is 4.39 Å². The molecule has 0 bridgehead atoms. The van der Waals surface area contributed by atoms with Crippen molar-refractivity contribution in [3.05, 3.63) is 70.0 Å². The lowest BCUT2D eigenvalue weighted by Crippen LogP contribution is -2.30. The normalized spacial score (nSPS) is 12.4. The van der Waals surface area contributed by atoms with Crippen molar-refractivity contribution in [3.63, 3.8) is 0 Å². The molecule has 2 aromatic rings. The van der Waals surface area contributed by atoms with Gasteiger partial charge in [0.25, 0.3) is 0 Å². The van der Waals surface area contributed by atoms with Gasteiger partial charge in [0.05, 0.1) is 6.04 Å². The van der Waals surface area contributed by atoms with E-state index in [1.807, 2.05) is 6.07 Å². The summed E-state index contributed by atoms with van der Waals surface area (Å²) in [5.74, 6) is 5.51. The van der Waals surface area contributed by atoms with Gasteiger partial charge in [-0.2, -0.15) is 0 Å². The lowest BCUT2D eigenvalue weighted by atomic mass is 9.92. The third-order valence-corrected chi connectivity index (χ3v) is 3.84. The molecular weight excluding hydrogens is 251 g/mol. The first-order valence-electron chi connectivity index (χ1n) is 6.80. The SMILES string of the molecule is Cc1cc(C(Cc2c(C)cccc2C)NN)ccc1F. The van der Waals surface area contributed by atoms with Gasteiger partial charge in [0.1, 0.15) is 5.82 Å². The monoisotopic (exact) mass is 272 g/mol. The fourth-order valence-electron chi connectivity index (χ4n) is 2.53. The van der Waals surface area contributed by atoms with Gasteiger partial charge < -0.3 is 0 Å². The summed E-state index contributed by atoms with van der Waals surface area (Å²) in [7, 11) is 0. The summed E-state index contributed by atoms with van der Waals surface area (Å²) in [6, 6.07) is 11.4. The Morgan fingerprint density at radius 2 is 1.70 bits per heavy atom. The molecule has 0 saturated carbocycles. The van der Waals surface area contributed by atoms with Gasteiger partial charge in [0.2, 0.25) is 0 Å². The molecule has 106 valence electrons. The maximum Gasteiger partial charge on any atom is 0.126 e. The Kier molecular flexibility index (Phi) is 4.53. The van der Waals surface area contributed by atoms with Gasteiger partial charge in [-0.05, 0) is 61.1 Å². The van der Waals surface area contributed by atoms with Crippen LogP contribution in [0.4, 0.5) is 4.39 Å². The van der Waals surface area contributed by atoms with Gasteiger partial charge in [-0.15, -0.1) is 0 Å². The Bertz CT molecular complexity index is 588. The largest absolute Gasteiger partial charge is 0.271 e. The van der Waals surface area contributed by atoms with Gasteiger partial charge in [-0.25, -0.2) is 4.39 Å². The molecule has 2 nitrogen and oxygen atoms in total. The minimum atomic E-state index is -0.184. The van der Waals surface area contributed by atoms with Gasteiger partial charge in [-0.1, -0.05) is 30.3 Å². The van der Waals surface area contributed by atoms with E-state index in [0.29, 0.717) is 5.56 Å². The summed E-state index contributed by atoms with van der Waals surface area (Å²) in [4.78, 5) is 0. The summed E-state index contributed by atoms with van der Waals surface area (Å²) in [6.45, 7) is 5.98. The summed E-state index contributed by atoms with van der Waals surface area (Å²) in [5.41, 5.74) is 8.29. The first kappa shape index (κ1) is 14.7. The number of nitrogens with two attached hydrogens (primary N) is 1. The van der Waals surface area contributed by atoms with Crippen LogP contribution in [0.1, 0.15) is 33.9 Å². The fraction of sp³-hybridized carbons (Fsp3) is 0.294. The smallest absolute Gasteiger partial charge is 0.126 e. The number of benzene rings is 2. The van der Waals surface area contributed by atoms with Crippen LogP contribution in [-0.2, 0) is 6.42 Å². The molecule has 0 aliphatic rings. The van der Waals surface area contributed by atoms with Gasteiger partial charge in [0, 0.05) is 0 Å². The highest BCUT2D eigenvalue weighted by Crippen LogP contribution is 2.23. The Morgan fingerprint density at radius 3 is 2.25 bits per heavy atom. The van der Waals surface area contributed by atoms with Gasteiger partial charge in [-0.3, -0.25) is 11.3 Å². The second-order valence-electron chi connectivity index (χ2n) is 5.30. The van der Waals surface area contributed by atoms with Crippen molar-refractivity contribution >= 4 is 0 Å². The fourth-order valence-corrected chi connectivity index (χ4v) is 2.53. The van der Waals surface area contributed by atoms with Crippen molar-refractivity contribution < 1.29 is 4.39 Å². The van der Waals surface area contributed by atoms with Gasteiger partial charge in [0.15, 0.2) is 0 Å². The zero-order valence-electron chi connectivity index (χ0n) is 12.2. The molecule has 0 heterocycles. The maximum atomic E-state index is 13.4. The molecular formula is C17H21FN2. The molecule has 0 saturated heterocycles. The predicted octanol–water partition coefficient (Wildman–Crippen LogP) is 3.50. The number of hydrazine groups is 1. The zero-order valence-corrected chi connectivity index (χ0v) is 12.2. The van der Waals surface area contributed by atoms with Crippen molar-refractivity contribution in [2.24, 2.45) is 5.84 Å². The van der Waals surface area contributed by atoms with Crippen molar-refractivity contribution in [3.8, 4) is 0 Å². The van der Waals surface area contributed by atoms with E-state index in [2.05, 4.69) is 37.5 Å². The molecule has 2 rings (SSSR count). The number of aryl methyl sites for hydroxylation is 3. The first-order valence-corrected chi connectivity index (χ1v) is 6.80. The summed E-state index contributed by atoms with van der Waals surface area (Å²) >= 11 is 0. The molecule has 0 spiro atoms. The van der Waals surface area contributed by atoms with Crippen LogP contribution < -0.4 is 11.3 Å². The minimum absolute atomic E-state index is 0.0194. The Hall–Kier alpha value is -1.71. The van der Waals surface area contributed by atoms with Crippen molar-refractivity contribution in [1.82, 2.24) is 5.43 Å². The van der Waals surface area contributed by atoms with Crippen LogP contribution in [0.3, 0.4) is 0 Å². The highest BCUT2D eigenvalue weighted by Gasteiger charge is 2.14. The van der Waals surface area contributed by atoms with Crippen LogP contribution >= 0.6 is 0 Å². The third-order valence-electron chi connectivity index (χ3n) is 3.84. The van der Waals surface area contributed by atoms with E-state index in [0.717, 1.165) is 12.0 Å². The second-order valence-corrected chi connectivity index (χ2v) is 5.30. The molecule has 1 unspecified atom stereocenters. The number of nitrogens with one attached hydrogen (secondary N) is 1. The topological polar surface area (TPSA) is 38.0 Å². The van der Waals surface area contributed by atoms with E-state index in [1.165, 1.54) is 22.8 Å². The highest BCUT2D eigenvalue weighted by molar-refractivity contribution is 5.36. The molecule has 0 aromatic heterocycles. The molecule has 0 radical (unpaired) electrons. The summed E-state index contributed by atoms with van der Waals surface area (Å²) < 4.78 is 13.4. The third kappa shape index (κ3) is 3.06. The Balaban J connectivity index is 2.31. The number of halogens is 1. The molecule has 3 N–H and O–H groups in total. The predicted molar refractivity (Wildman–Crippen MR) is 80.8 cm³/mol. The lowest BCUT2D eigenvalue weighted by Gasteiger charge is -2.20. The Morgan fingerprint density at radius 1 is 1.05 bits per heavy atom. The molecule has 0 fully saturated rings. The molecule has 2 aromatic carbocycles. The second kappa shape index (κ2) is 6.16. The number of rotatable bonds is 4. The quantitative estimate of drug-likeness (QED) is 0.660. The number of hydrogen-bond donors (Lipinski definition) is 2. The molecule has 0 aliphatic heterocycles. The van der Waals surface area contributed by atoms with E-state index in [4.69, 9.17) is 5.84 Å². The molecule has 0 amide bonds. The van der Waals surface area contributed by atoms with Crippen LogP contribution in [0.15, 0.2) is 36.4 Å². The van der Waals surface area contributed by atoms with E-state index in [-0.39, 0.29) is 11.9 Å². The van der Waals surface area contributed by atoms with Gasteiger partial charge >= 0.3 is 0 Å². The number of hydrogen-bond acceptors (Lipinski definition) is 2. The molecule has 20 heavy (non-hydrogen) atoms. The van der Waals surface area contributed by atoms with Crippen LogP contribution in [0.2, 0.25) is 0 Å². The average molecular weight is 272 g/mol. The average Bonchev–Trinajstić information content (AvgIpc) is 2.42. The molecule has 1 atom stereocenters. The van der Waals surface area contributed by atoms with Crippen LogP contribution in [0.5, 0.6) is 0 Å². The van der Waals surface area contributed by atoms with Crippen molar-refractivity contribution in [2.45, 2.75) is 33.2 Å². The lowest BCUT2D eigenvalue weighted by molar-refractivity contribution is 0.546. The first-order chi connectivity index (χ1) is 9.52. The van der Waals surface area contributed by atoms with E-state index in [1.54, 1.807) is 13.0 Å². The molecule has 3 heteroatoms.